The van der Waals surface area contributed by atoms with Gasteiger partial charge in [-0.2, -0.15) is 0 Å². The number of hydrogen-bond donors (Lipinski definition) is 0. The summed E-state index contributed by atoms with van der Waals surface area (Å²) >= 11 is 1.51. The normalized spacial score (nSPS) is 12.1. The summed E-state index contributed by atoms with van der Waals surface area (Å²) in [4.78, 5) is 13.5. The van der Waals surface area contributed by atoms with Crippen LogP contribution in [0.25, 0.3) is 16.5 Å². The topological polar surface area (TPSA) is 70.2 Å². The summed E-state index contributed by atoms with van der Waals surface area (Å²) in [7, 11) is 0. The minimum absolute atomic E-state index is 0.268. The van der Waals surface area contributed by atoms with Crippen molar-refractivity contribution in [3.8, 4) is 16.5 Å². The van der Waals surface area contributed by atoms with Gasteiger partial charge in [0.1, 0.15) is 0 Å². The molecule has 1 unspecified atom stereocenters. The van der Waals surface area contributed by atoms with Gasteiger partial charge in [0.15, 0.2) is 6.10 Å². The third-order valence-corrected chi connectivity index (χ3v) is 4.99. The lowest BCUT2D eigenvalue weighted by molar-refractivity contribution is 0.0280. The quantitative estimate of drug-likeness (QED) is 0.465. The Morgan fingerprint density at radius 1 is 1.19 bits per heavy atom. The smallest absolute Gasteiger partial charge is 0.338 e. The molecule has 0 saturated carbocycles. The average Bonchev–Trinajstić information content (AvgIpc) is 3.43. The molecule has 0 aliphatic carbocycles. The van der Waals surface area contributed by atoms with Gasteiger partial charge in [-0.3, -0.25) is 0 Å². The van der Waals surface area contributed by atoms with Gasteiger partial charge in [-0.1, -0.05) is 12.1 Å². The molecule has 0 fully saturated rings. The molecule has 0 aliphatic rings. The highest BCUT2D eigenvalue weighted by Crippen LogP contribution is 2.26. The zero-order chi connectivity index (χ0) is 18.8. The van der Waals surface area contributed by atoms with Gasteiger partial charge in [0.2, 0.25) is 0 Å². The monoisotopic (exact) mass is 379 g/mol. The zero-order valence-electron chi connectivity index (χ0n) is 14.8. The van der Waals surface area contributed by atoms with Gasteiger partial charge in [-0.25, -0.2) is 4.79 Å². The molecular formula is C20H17N3O3S. The van der Waals surface area contributed by atoms with Crippen LogP contribution in [0.1, 0.15) is 34.8 Å². The molecule has 4 rings (SSSR count). The minimum atomic E-state index is -0.643. The van der Waals surface area contributed by atoms with Crippen LogP contribution < -0.4 is 0 Å². The van der Waals surface area contributed by atoms with E-state index in [1.54, 1.807) is 13.0 Å². The fourth-order valence-corrected chi connectivity index (χ4v) is 3.33. The maximum Gasteiger partial charge on any atom is 0.338 e. The second-order valence-corrected chi connectivity index (χ2v) is 7.01. The summed E-state index contributed by atoms with van der Waals surface area (Å²) in [5.41, 5.74) is 2.46. The van der Waals surface area contributed by atoms with Crippen molar-refractivity contribution in [2.75, 3.05) is 0 Å². The van der Waals surface area contributed by atoms with Crippen molar-refractivity contribution in [3.05, 3.63) is 77.3 Å². The van der Waals surface area contributed by atoms with Crippen molar-refractivity contribution >= 4 is 17.3 Å². The molecule has 27 heavy (non-hydrogen) atoms. The molecule has 136 valence electrons. The highest BCUT2D eigenvalue weighted by Gasteiger charge is 2.20. The van der Waals surface area contributed by atoms with Gasteiger partial charge >= 0.3 is 5.97 Å². The SMILES string of the molecule is Cc1ccc(C(=O)OC(C)c2nnc(-c3cccs3)o2)cc1-n1cccc1. The zero-order valence-corrected chi connectivity index (χ0v) is 15.6. The number of thiophene rings is 1. The van der Waals surface area contributed by atoms with E-state index in [4.69, 9.17) is 9.15 Å². The Balaban J connectivity index is 1.51. The van der Waals surface area contributed by atoms with E-state index >= 15 is 0 Å². The standard InChI is InChI=1S/C20H17N3O3S/c1-13-7-8-15(12-16(13)23-9-3-4-10-23)20(24)25-14(2)18-21-22-19(26-18)17-6-5-11-27-17/h3-12,14H,1-2H3. The molecular weight excluding hydrogens is 362 g/mol. The third-order valence-electron chi connectivity index (χ3n) is 4.13. The molecule has 0 bridgehead atoms. The first-order valence-corrected chi connectivity index (χ1v) is 9.32. The van der Waals surface area contributed by atoms with Crippen molar-refractivity contribution in [2.45, 2.75) is 20.0 Å². The Labute approximate surface area is 160 Å². The molecule has 0 saturated heterocycles. The molecule has 6 nitrogen and oxygen atoms in total. The van der Waals surface area contributed by atoms with E-state index in [2.05, 4.69) is 10.2 Å². The van der Waals surface area contributed by atoms with Crippen LogP contribution in [0.5, 0.6) is 0 Å². The van der Waals surface area contributed by atoms with E-state index < -0.39 is 12.1 Å². The Morgan fingerprint density at radius 3 is 2.74 bits per heavy atom. The summed E-state index contributed by atoms with van der Waals surface area (Å²) in [6, 6.07) is 13.1. The van der Waals surface area contributed by atoms with Crippen LogP contribution in [0, 0.1) is 6.92 Å². The second kappa shape index (κ2) is 7.20. The molecule has 1 aromatic carbocycles. The summed E-state index contributed by atoms with van der Waals surface area (Å²) in [6.45, 7) is 3.71. The lowest BCUT2D eigenvalue weighted by Crippen LogP contribution is -2.10. The maximum atomic E-state index is 12.6. The van der Waals surface area contributed by atoms with E-state index in [-0.39, 0.29) is 5.89 Å². The lowest BCUT2D eigenvalue weighted by atomic mass is 10.1. The largest absolute Gasteiger partial charge is 0.449 e. The molecule has 3 heterocycles. The number of aromatic nitrogens is 3. The Morgan fingerprint density at radius 2 is 2.00 bits per heavy atom. The molecule has 7 heteroatoms. The predicted molar refractivity (Wildman–Crippen MR) is 102 cm³/mol. The van der Waals surface area contributed by atoms with Crippen LogP contribution in [0.3, 0.4) is 0 Å². The Bertz CT molecular complexity index is 1050. The van der Waals surface area contributed by atoms with Crippen molar-refractivity contribution in [3.63, 3.8) is 0 Å². The molecule has 0 radical (unpaired) electrons. The number of rotatable bonds is 5. The molecule has 3 aromatic heterocycles. The van der Waals surface area contributed by atoms with E-state index in [1.165, 1.54) is 11.3 Å². The van der Waals surface area contributed by atoms with Gasteiger partial charge in [0.05, 0.1) is 10.4 Å². The van der Waals surface area contributed by atoms with Crippen molar-refractivity contribution < 1.29 is 13.9 Å². The van der Waals surface area contributed by atoms with E-state index in [1.807, 2.05) is 65.7 Å². The number of carbonyl (C=O) groups excluding carboxylic acids is 1. The molecule has 0 aliphatic heterocycles. The molecule has 1 atom stereocenters. The summed E-state index contributed by atoms with van der Waals surface area (Å²) in [5.74, 6) is 0.254. The van der Waals surface area contributed by atoms with E-state index in [0.29, 0.717) is 11.5 Å². The summed E-state index contributed by atoms with van der Waals surface area (Å²) in [5, 5.41) is 9.95. The van der Waals surface area contributed by atoms with E-state index in [9.17, 15) is 4.79 Å². The molecule has 4 aromatic rings. The molecule has 0 amide bonds. The second-order valence-electron chi connectivity index (χ2n) is 6.06. The van der Waals surface area contributed by atoms with Gasteiger partial charge in [-0.05, 0) is 55.1 Å². The van der Waals surface area contributed by atoms with Crippen LogP contribution in [0.2, 0.25) is 0 Å². The van der Waals surface area contributed by atoms with Crippen LogP contribution in [0.4, 0.5) is 0 Å². The number of hydrogen-bond acceptors (Lipinski definition) is 6. The first kappa shape index (κ1) is 17.2. The van der Waals surface area contributed by atoms with Crippen molar-refractivity contribution in [2.24, 2.45) is 0 Å². The average molecular weight is 379 g/mol. The summed E-state index contributed by atoms with van der Waals surface area (Å²) in [6.07, 6.45) is 3.23. The Kier molecular flexibility index (Phi) is 4.60. The number of benzene rings is 1. The fourth-order valence-electron chi connectivity index (χ4n) is 2.69. The van der Waals surface area contributed by atoms with Crippen LogP contribution >= 0.6 is 11.3 Å². The first-order chi connectivity index (χ1) is 13.1. The van der Waals surface area contributed by atoms with Crippen molar-refractivity contribution in [1.82, 2.24) is 14.8 Å². The van der Waals surface area contributed by atoms with Crippen LogP contribution in [-0.2, 0) is 4.74 Å². The predicted octanol–water partition coefficient (Wildman–Crippen LogP) is 4.82. The van der Waals surface area contributed by atoms with Gasteiger partial charge < -0.3 is 13.7 Å². The number of ether oxygens (including phenoxy) is 1. The Hall–Kier alpha value is -3.19. The molecule has 0 N–H and O–H groups in total. The maximum absolute atomic E-state index is 12.6. The number of carbonyl (C=O) groups is 1. The third kappa shape index (κ3) is 3.54. The lowest BCUT2D eigenvalue weighted by Gasteiger charge is -2.12. The van der Waals surface area contributed by atoms with E-state index in [0.717, 1.165) is 16.1 Å². The fraction of sp³-hybridized carbons (Fsp3) is 0.150. The summed E-state index contributed by atoms with van der Waals surface area (Å²) < 4.78 is 13.1. The van der Waals surface area contributed by atoms with Gasteiger partial charge in [-0.15, -0.1) is 21.5 Å². The van der Waals surface area contributed by atoms with Crippen LogP contribution in [0.15, 0.2) is 64.7 Å². The highest BCUT2D eigenvalue weighted by atomic mass is 32.1. The minimum Gasteiger partial charge on any atom is -0.449 e. The van der Waals surface area contributed by atoms with Gasteiger partial charge in [0, 0.05) is 18.1 Å². The number of nitrogens with zero attached hydrogens (tertiary/aromatic N) is 3. The first-order valence-electron chi connectivity index (χ1n) is 8.44. The highest BCUT2D eigenvalue weighted by molar-refractivity contribution is 7.13. The number of aryl methyl sites for hydroxylation is 1. The van der Waals surface area contributed by atoms with Crippen molar-refractivity contribution in [1.29, 1.82) is 0 Å². The van der Waals surface area contributed by atoms with Gasteiger partial charge in [0.25, 0.3) is 11.8 Å². The molecule has 0 spiro atoms. The number of esters is 1. The van der Waals surface area contributed by atoms with Crippen LogP contribution in [-0.4, -0.2) is 20.7 Å².